The molecule has 0 saturated carbocycles. The van der Waals surface area contributed by atoms with E-state index in [1.54, 1.807) is 17.0 Å². The van der Waals surface area contributed by atoms with Crippen LogP contribution in [-0.4, -0.2) is 28.0 Å². The van der Waals surface area contributed by atoms with Gasteiger partial charge in [-0.2, -0.15) is 0 Å². The van der Waals surface area contributed by atoms with Gasteiger partial charge in [0.1, 0.15) is 6.04 Å². The fraction of sp³-hybridized carbons (Fsp3) is 0.545. The predicted octanol–water partition coefficient (Wildman–Crippen LogP) is -0.0463. The summed E-state index contributed by atoms with van der Waals surface area (Å²) in [5.74, 6) is 0.181. The molecule has 0 aromatic carbocycles. The Kier molecular flexibility index (Phi) is 3.41. The molecular weight excluding hydrogens is 220 g/mol. The third-order valence-corrected chi connectivity index (χ3v) is 2.85. The summed E-state index contributed by atoms with van der Waals surface area (Å²) < 4.78 is 1.55. The highest BCUT2D eigenvalue weighted by atomic mass is 16.2. The lowest BCUT2D eigenvalue weighted by Gasteiger charge is -2.22. The van der Waals surface area contributed by atoms with Gasteiger partial charge in [-0.3, -0.25) is 9.59 Å². The summed E-state index contributed by atoms with van der Waals surface area (Å²) in [6.07, 6.45) is 4.84. The molecule has 2 heterocycles. The second-order valence-corrected chi connectivity index (χ2v) is 4.00. The number of nitrogens with one attached hydrogen (secondary N) is 2. The standard InChI is InChI=1S/C11H16N4O2/c1-2-15-7-6-12-9(11(15)17)14-8-4-3-5-13-10(8)16/h6-8H,2-5H2,1H3,(H,12,14)(H,13,16). The summed E-state index contributed by atoms with van der Waals surface area (Å²) in [7, 11) is 0. The van der Waals surface area contributed by atoms with E-state index in [0.29, 0.717) is 13.1 Å². The molecule has 1 aromatic heterocycles. The third kappa shape index (κ3) is 2.46. The number of carbonyl (C=O) groups excluding carboxylic acids is 1. The molecule has 0 bridgehead atoms. The number of aryl methyl sites for hydroxylation is 1. The van der Waals surface area contributed by atoms with Gasteiger partial charge in [-0.1, -0.05) is 0 Å². The van der Waals surface area contributed by atoms with Crippen LogP contribution in [0.3, 0.4) is 0 Å². The minimum Gasteiger partial charge on any atom is -0.354 e. The smallest absolute Gasteiger partial charge is 0.293 e. The minimum atomic E-state index is -0.350. The van der Waals surface area contributed by atoms with Crippen molar-refractivity contribution >= 4 is 11.7 Å². The second-order valence-electron chi connectivity index (χ2n) is 4.00. The first kappa shape index (κ1) is 11.6. The molecule has 6 nitrogen and oxygen atoms in total. The Morgan fingerprint density at radius 3 is 3.12 bits per heavy atom. The van der Waals surface area contributed by atoms with Gasteiger partial charge >= 0.3 is 0 Å². The van der Waals surface area contributed by atoms with Gasteiger partial charge in [0.15, 0.2) is 5.82 Å². The van der Waals surface area contributed by atoms with E-state index in [4.69, 9.17) is 0 Å². The predicted molar refractivity (Wildman–Crippen MR) is 63.8 cm³/mol. The summed E-state index contributed by atoms with van der Waals surface area (Å²) >= 11 is 0. The monoisotopic (exact) mass is 236 g/mol. The Hall–Kier alpha value is -1.85. The average Bonchev–Trinajstić information content (AvgIpc) is 2.34. The van der Waals surface area contributed by atoms with E-state index < -0.39 is 0 Å². The molecule has 1 amide bonds. The van der Waals surface area contributed by atoms with E-state index >= 15 is 0 Å². The van der Waals surface area contributed by atoms with Gasteiger partial charge < -0.3 is 15.2 Å². The SMILES string of the molecule is CCn1ccnc(NC2CCCNC2=O)c1=O. The first-order chi connectivity index (χ1) is 8.22. The average molecular weight is 236 g/mol. The number of hydrogen-bond acceptors (Lipinski definition) is 4. The molecule has 1 fully saturated rings. The van der Waals surface area contributed by atoms with Gasteiger partial charge in [0.05, 0.1) is 0 Å². The van der Waals surface area contributed by atoms with Crippen LogP contribution in [-0.2, 0) is 11.3 Å². The van der Waals surface area contributed by atoms with E-state index in [0.717, 1.165) is 12.8 Å². The van der Waals surface area contributed by atoms with Crippen LogP contribution in [0.25, 0.3) is 0 Å². The summed E-state index contributed by atoms with van der Waals surface area (Å²) in [5.41, 5.74) is -0.187. The normalized spacial score (nSPS) is 19.8. The van der Waals surface area contributed by atoms with Gasteiger partial charge in [0.2, 0.25) is 5.91 Å². The Labute approximate surface area is 99.1 Å². The number of aromatic nitrogens is 2. The zero-order valence-corrected chi connectivity index (χ0v) is 9.77. The van der Waals surface area contributed by atoms with Crippen LogP contribution in [0, 0.1) is 0 Å². The molecule has 1 unspecified atom stereocenters. The molecule has 17 heavy (non-hydrogen) atoms. The largest absolute Gasteiger partial charge is 0.354 e. The zero-order chi connectivity index (χ0) is 12.3. The van der Waals surface area contributed by atoms with Gasteiger partial charge in [0.25, 0.3) is 5.56 Å². The van der Waals surface area contributed by atoms with Crippen LogP contribution in [0.2, 0.25) is 0 Å². The fourth-order valence-corrected chi connectivity index (χ4v) is 1.87. The highest BCUT2D eigenvalue weighted by Crippen LogP contribution is 2.07. The van der Waals surface area contributed by atoms with Crippen LogP contribution < -0.4 is 16.2 Å². The van der Waals surface area contributed by atoms with Gasteiger partial charge in [-0.15, -0.1) is 0 Å². The van der Waals surface area contributed by atoms with E-state index in [9.17, 15) is 9.59 Å². The van der Waals surface area contributed by atoms with Gasteiger partial charge in [0, 0.05) is 25.5 Å². The topological polar surface area (TPSA) is 76.0 Å². The summed E-state index contributed by atoms with van der Waals surface area (Å²) in [6, 6.07) is -0.350. The molecular formula is C11H16N4O2. The maximum absolute atomic E-state index is 11.9. The maximum atomic E-state index is 11.9. The number of nitrogens with zero attached hydrogens (tertiary/aromatic N) is 2. The number of rotatable bonds is 3. The van der Waals surface area contributed by atoms with E-state index in [1.165, 1.54) is 0 Å². The molecule has 1 aromatic rings. The van der Waals surface area contributed by atoms with Gasteiger partial charge in [-0.05, 0) is 19.8 Å². The van der Waals surface area contributed by atoms with E-state index in [-0.39, 0.29) is 23.3 Å². The second kappa shape index (κ2) is 4.99. The Bertz CT molecular complexity index is 469. The quantitative estimate of drug-likeness (QED) is 0.771. The van der Waals surface area contributed by atoms with Crippen LogP contribution in [0.5, 0.6) is 0 Å². The molecule has 0 spiro atoms. The van der Waals surface area contributed by atoms with Crippen molar-refractivity contribution in [2.75, 3.05) is 11.9 Å². The number of amides is 1. The summed E-state index contributed by atoms with van der Waals surface area (Å²) in [4.78, 5) is 27.4. The zero-order valence-electron chi connectivity index (χ0n) is 9.77. The lowest BCUT2D eigenvalue weighted by Crippen LogP contribution is -2.45. The van der Waals surface area contributed by atoms with Crippen LogP contribution in [0.1, 0.15) is 19.8 Å². The van der Waals surface area contributed by atoms with Crippen molar-refractivity contribution in [2.24, 2.45) is 0 Å². The fourth-order valence-electron chi connectivity index (χ4n) is 1.87. The number of hydrogen-bond donors (Lipinski definition) is 2. The van der Waals surface area contributed by atoms with Crippen LogP contribution in [0.15, 0.2) is 17.2 Å². The van der Waals surface area contributed by atoms with E-state index in [1.807, 2.05) is 6.92 Å². The molecule has 0 aliphatic carbocycles. The number of carbonyl (C=O) groups is 1. The van der Waals surface area contributed by atoms with Crippen LogP contribution in [0.4, 0.5) is 5.82 Å². The lowest BCUT2D eigenvalue weighted by molar-refractivity contribution is -0.123. The summed E-state index contributed by atoms with van der Waals surface area (Å²) in [5, 5.41) is 5.68. The molecule has 92 valence electrons. The van der Waals surface area contributed by atoms with Crippen molar-refractivity contribution < 1.29 is 4.79 Å². The molecule has 1 saturated heterocycles. The van der Waals surface area contributed by atoms with Crippen molar-refractivity contribution in [1.82, 2.24) is 14.9 Å². The lowest BCUT2D eigenvalue weighted by atomic mass is 10.1. The Balaban J connectivity index is 2.18. The van der Waals surface area contributed by atoms with E-state index in [2.05, 4.69) is 15.6 Å². The van der Waals surface area contributed by atoms with Crippen molar-refractivity contribution in [2.45, 2.75) is 32.4 Å². The molecule has 1 aliphatic rings. The van der Waals surface area contributed by atoms with Crippen molar-refractivity contribution in [3.8, 4) is 0 Å². The highest BCUT2D eigenvalue weighted by Gasteiger charge is 2.22. The third-order valence-electron chi connectivity index (χ3n) is 2.85. The molecule has 0 radical (unpaired) electrons. The molecule has 1 aliphatic heterocycles. The Morgan fingerprint density at radius 2 is 2.41 bits per heavy atom. The Morgan fingerprint density at radius 1 is 1.59 bits per heavy atom. The first-order valence-corrected chi connectivity index (χ1v) is 5.82. The minimum absolute atomic E-state index is 0.0654. The molecule has 2 rings (SSSR count). The first-order valence-electron chi connectivity index (χ1n) is 5.82. The van der Waals surface area contributed by atoms with Gasteiger partial charge in [-0.25, -0.2) is 4.98 Å². The molecule has 6 heteroatoms. The number of piperidine rings is 1. The van der Waals surface area contributed by atoms with Crippen molar-refractivity contribution in [1.29, 1.82) is 0 Å². The van der Waals surface area contributed by atoms with Crippen molar-refractivity contribution in [3.05, 3.63) is 22.7 Å². The number of anilines is 1. The molecule has 1 atom stereocenters. The maximum Gasteiger partial charge on any atom is 0.293 e. The van der Waals surface area contributed by atoms with Crippen LogP contribution >= 0.6 is 0 Å². The highest BCUT2D eigenvalue weighted by molar-refractivity contribution is 5.84. The van der Waals surface area contributed by atoms with Crippen molar-refractivity contribution in [3.63, 3.8) is 0 Å². The summed E-state index contributed by atoms with van der Waals surface area (Å²) in [6.45, 7) is 3.18. The molecule has 2 N–H and O–H groups in total.